The van der Waals surface area contributed by atoms with Gasteiger partial charge < -0.3 is 14.2 Å². The van der Waals surface area contributed by atoms with E-state index in [1.165, 1.54) is 19.5 Å². The molecule has 0 aromatic carbocycles. The van der Waals surface area contributed by atoms with Crippen molar-refractivity contribution in [3.05, 3.63) is 41.4 Å². The molecule has 0 aliphatic carbocycles. The van der Waals surface area contributed by atoms with Gasteiger partial charge in [-0.05, 0) is 19.9 Å². The molecule has 35 heavy (non-hydrogen) atoms. The van der Waals surface area contributed by atoms with Gasteiger partial charge in [0.1, 0.15) is 17.6 Å². The lowest BCUT2D eigenvalue weighted by molar-refractivity contribution is -0.104. The van der Waals surface area contributed by atoms with Crippen LogP contribution in [0.1, 0.15) is 25.7 Å². The number of pyridine rings is 1. The molecule has 4 rings (SSSR count). The highest BCUT2D eigenvalue weighted by molar-refractivity contribution is 7.93. The maximum Gasteiger partial charge on any atom is 0.238 e. The van der Waals surface area contributed by atoms with E-state index >= 15 is 0 Å². The first-order chi connectivity index (χ1) is 16.8. The summed E-state index contributed by atoms with van der Waals surface area (Å²) in [5, 5.41) is 7.90. The van der Waals surface area contributed by atoms with Crippen LogP contribution in [-0.2, 0) is 25.9 Å². The maximum absolute atomic E-state index is 13.2. The molecule has 0 bridgehead atoms. The zero-order chi connectivity index (χ0) is 25.0. The van der Waals surface area contributed by atoms with E-state index in [9.17, 15) is 8.42 Å². The van der Waals surface area contributed by atoms with Gasteiger partial charge in [-0.1, -0.05) is 17.7 Å². The highest BCUT2D eigenvalue weighted by atomic mass is 35.5. The molecule has 3 aromatic heterocycles. The van der Waals surface area contributed by atoms with Gasteiger partial charge in [-0.2, -0.15) is 0 Å². The number of nitrogens with one attached hydrogen (secondary N) is 1. The summed E-state index contributed by atoms with van der Waals surface area (Å²) in [5.41, 5.74) is 0.466. The van der Waals surface area contributed by atoms with Crippen LogP contribution in [0.3, 0.4) is 0 Å². The highest BCUT2D eigenvalue weighted by Gasteiger charge is 2.31. The van der Waals surface area contributed by atoms with Gasteiger partial charge in [0.2, 0.25) is 21.9 Å². The molecule has 4 heterocycles. The summed E-state index contributed by atoms with van der Waals surface area (Å²) in [4.78, 5) is 12.6. The molecule has 3 aromatic rings. The van der Waals surface area contributed by atoms with E-state index < -0.39 is 15.3 Å². The smallest absolute Gasteiger partial charge is 0.238 e. The van der Waals surface area contributed by atoms with Gasteiger partial charge in [-0.3, -0.25) is 9.29 Å². The van der Waals surface area contributed by atoms with Gasteiger partial charge in [0.15, 0.2) is 5.82 Å². The second kappa shape index (κ2) is 10.8. The minimum Gasteiger partial charge on any atom is -0.481 e. The normalized spacial score (nSPS) is 18.1. The molecule has 1 fully saturated rings. The molecule has 2 unspecified atom stereocenters. The molecular weight excluding hydrogens is 498 g/mol. The Kier molecular flexibility index (Phi) is 7.79. The Morgan fingerprint density at radius 2 is 2.00 bits per heavy atom. The summed E-state index contributed by atoms with van der Waals surface area (Å²) in [6.07, 6.45) is 2.59. The van der Waals surface area contributed by atoms with E-state index in [2.05, 4.69) is 29.9 Å². The Labute approximate surface area is 208 Å². The van der Waals surface area contributed by atoms with Crippen molar-refractivity contribution >= 4 is 27.6 Å². The van der Waals surface area contributed by atoms with Crippen LogP contribution in [0.25, 0.3) is 11.5 Å². The number of aromatic nitrogens is 6. The quantitative estimate of drug-likeness (QED) is 0.443. The number of anilines is 1. The monoisotopic (exact) mass is 523 g/mol. The van der Waals surface area contributed by atoms with Crippen LogP contribution in [0.15, 0.2) is 30.6 Å². The molecule has 0 radical (unpaired) electrons. The van der Waals surface area contributed by atoms with Crippen molar-refractivity contribution in [3.8, 4) is 17.4 Å². The Hall–Kier alpha value is -2.87. The molecule has 1 N–H and O–H groups in total. The second-order valence-electron chi connectivity index (χ2n) is 7.99. The van der Waals surface area contributed by atoms with Crippen LogP contribution in [0.5, 0.6) is 5.88 Å². The van der Waals surface area contributed by atoms with Crippen LogP contribution in [-0.4, -0.2) is 76.4 Å². The van der Waals surface area contributed by atoms with Gasteiger partial charge in [0, 0.05) is 24.9 Å². The van der Waals surface area contributed by atoms with E-state index in [0.717, 1.165) is 0 Å². The maximum atomic E-state index is 13.2. The zero-order valence-corrected chi connectivity index (χ0v) is 21.0. The zero-order valence-electron chi connectivity index (χ0n) is 19.5. The number of rotatable bonds is 9. The Bertz CT molecular complexity index is 1250. The second-order valence-corrected chi connectivity index (χ2v) is 10.5. The Morgan fingerprint density at radius 3 is 2.69 bits per heavy atom. The number of sulfonamides is 1. The summed E-state index contributed by atoms with van der Waals surface area (Å²) < 4.78 is 47.3. The average Bonchev–Trinajstić information content (AvgIpc) is 3.28. The summed E-state index contributed by atoms with van der Waals surface area (Å²) in [6, 6.07) is 4.84. The van der Waals surface area contributed by atoms with Crippen LogP contribution in [0.2, 0.25) is 5.02 Å². The molecule has 1 aliphatic rings. The van der Waals surface area contributed by atoms with Crippen LogP contribution >= 0.6 is 11.6 Å². The summed E-state index contributed by atoms with van der Waals surface area (Å²) in [5.74, 6) is 1.14. The van der Waals surface area contributed by atoms with E-state index in [4.69, 9.17) is 25.8 Å². The van der Waals surface area contributed by atoms with Gasteiger partial charge in [-0.15, -0.1) is 10.2 Å². The van der Waals surface area contributed by atoms with Crippen molar-refractivity contribution in [1.82, 2.24) is 29.7 Å². The minimum atomic E-state index is -3.89. The molecule has 0 amide bonds. The number of hydrogen-bond donors (Lipinski definition) is 1. The number of methoxy groups -OCH3 is 1. The first kappa shape index (κ1) is 25.2. The van der Waals surface area contributed by atoms with Crippen molar-refractivity contribution in [3.63, 3.8) is 0 Å². The average molecular weight is 524 g/mol. The third kappa shape index (κ3) is 5.86. The summed E-state index contributed by atoms with van der Waals surface area (Å²) in [6.45, 7) is 4.73. The van der Waals surface area contributed by atoms with Crippen LogP contribution in [0, 0.1) is 0 Å². The largest absolute Gasteiger partial charge is 0.481 e. The van der Waals surface area contributed by atoms with E-state index in [-0.39, 0.29) is 24.5 Å². The molecule has 1 saturated heterocycles. The molecular formula is C21H26ClN7O5S. The van der Waals surface area contributed by atoms with E-state index in [1.54, 1.807) is 29.7 Å². The molecule has 1 aliphatic heterocycles. The van der Waals surface area contributed by atoms with Crippen molar-refractivity contribution < 1.29 is 22.6 Å². The molecule has 188 valence electrons. The van der Waals surface area contributed by atoms with Gasteiger partial charge in [0.05, 0.1) is 43.2 Å². The van der Waals surface area contributed by atoms with Crippen molar-refractivity contribution in [2.45, 2.75) is 37.7 Å². The molecule has 0 saturated carbocycles. The lowest BCUT2D eigenvalue weighted by atomic mass is 10.1. The number of nitrogens with zero attached hydrogens (tertiary/aromatic N) is 6. The standard InChI is InChI=1S/C21H26ClN7O5S/c1-13(9-18-23-10-15(22)11-24-18)35(30,31)28-21-27-26-20(16-5-4-6-19(25-16)32-3)29(21)14(2)17-12-33-7-8-34-17/h4-6,10-11,13-14,17H,7-9,12H2,1-3H3,(H,27,28)/t13?,14-,17?/m0/s1. The molecule has 12 nitrogen and oxygen atoms in total. The summed E-state index contributed by atoms with van der Waals surface area (Å²) >= 11 is 5.82. The van der Waals surface area contributed by atoms with Crippen molar-refractivity contribution in [1.29, 1.82) is 0 Å². The molecule has 14 heteroatoms. The van der Waals surface area contributed by atoms with Crippen molar-refractivity contribution in [2.24, 2.45) is 0 Å². The topological polar surface area (TPSA) is 143 Å². The fourth-order valence-corrected chi connectivity index (χ4v) is 4.63. The highest BCUT2D eigenvalue weighted by Crippen LogP contribution is 2.29. The first-order valence-electron chi connectivity index (χ1n) is 10.9. The van der Waals surface area contributed by atoms with E-state index in [1.807, 2.05) is 6.92 Å². The fourth-order valence-electron chi connectivity index (χ4n) is 3.56. The SMILES string of the molecule is COc1cccc(-c2nnc(NS(=O)(=O)C(C)Cc3ncc(Cl)cn3)n2[C@@H](C)C2COCCO2)n1. The Balaban J connectivity index is 1.66. The first-order valence-corrected chi connectivity index (χ1v) is 12.8. The third-order valence-electron chi connectivity index (χ3n) is 5.55. The Morgan fingerprint density at radius 1 is 1.23 bits per heavy atom. The molecule has 0 spiro atoms. The third-order valence-corrected chi connectivity index (χ3v) is 7.44. The van der Waals surface area contributed by atoms with Gasteiger partial charge in [0.25, 0.3) is 0 Å². The number of ether oxygens (including phenoxy) is 3. The summed E-state index contributed by atoms with van der Waals surface area (Å²) in [7, 11) is -2.38. The lowest BCUT2D eigenvalue weighted by Gasteiger charge is -2.30. The number of hydrogen-bond acceptors (Lipinski definition) is 10. The minimum absolute atomic E-state index is 0.0372. The van der Waals surface area contributed by atoms with Gasteiger partial charge >= 0.3 is 0 Å². The number of halogens is 1. The van der Waals surface area contributed by atoms with Gasteiger partial charge in [-0.25, -0.2) is 23.4 Å². The predicted molar refractivity (Wildman–Crippen MR) is 128 cm³/mol. The fraction of sp³-hybridized carbons (Fsp3) is 0.476. The van der Waals surface area contributed by atoms with Crippen molar-refractivity contribution in [2.75, 3.05) is 31.7 Å². The molecule has 3 atom stereocenters. The van der Waals surface area contributed by atoms with Crippen LogP contribution in [0.4, 0.5) is 5.95 Å². The van der Waals surface area contributed by atoms with E-state index in [0.29, 0.717) is 48.1 Å². The predicted octanol–water partition coefficient (Wildman–Crippen LogP) is 2.14. The van der Waals surface area contributed by atoms with Crippen LogP contribution < -0.4 is 9.46 Å². The lowest BCUT2D eigenvalue weighted by Crippen LogP contribution is -2.36.